The highest BCUT2D eigenvalue weighted by Crippen LogP contribution is 2.13. The first-order valence-corrected chi connectivity index (χ1v) is 10.6. The summed E-state index contributed by atoms with van der Waals surface area (Å²) in [4.78, 5) is 4.74. The van der Waals surface area contributed by atoms with Crippen LogP contribution < -0.4 is 10.6 Å². The highest BCUT2D eigenvalue weighted by Gasteiger charge is 2.04. The van der Waals surface area contributed by atoms with Gasteiger partial charge in [-0.2, -0.15) is 0 Å². The van der Waals surface area contributed by atoms with Gasteiger partial charge in [0.1, 0.15) is 0 Å². The fourth-order valence-electron chi connectivity index (χ4n) is 2.84. The molecule has 2 aromatic rings. The Kier molecular flexibility index (Phi) is 15.8. The molecular weight excluding hydrogens is 505 g/mol. The molecule has 0 aliphatic heterocycles. The zero-order valence-corrected chi connectivity index (χ0v) is 21.0. The van der Waals surface area contributed by atoms with Crippen LogP contribution in [0.3, 0.4) is 0 Å². The number of benzene rings is 2. The van der Waals surface area contributed by atoms with E-state index < -0.39 is 0 Å². The Morgan fingerprint density at radius 3 is 2.32 bits per heavy atom. The number of guanidine groups is 1. The van der Waals surface area contributed by atoms with Gasteiger partial charge in [-0.05, 0) is 30.0 Å². The van der Waals surface area contributed by atoms with Crippen LogP contribution in [-0.2, 0) is 34.0 Å². The number of nitrogens with zero attached hydrogens (tertiary/aromatic N) is 1. The highest BCUT2D eigenvalue weighted by atomic mass is 127. The lowest BCUT2D eigenvalue weighted by atomic mass is 10.1. The van der Waals surface area contributed by atoms with E-state index in [0.29, 0.717) is 39.6 Å². The number of hydrogen-bond donors (Lipinski definition) is 2. The minimum atomic E-state index is 0. The lowest BCUT2D eigenvalue weighted by Crippen LogP contribution is -2.38. The number of nitrogens with one attached hydrogen (secondary N) is 2. The molecular formula is C24H36IN3O3. The zero-order chi connectivity index (χ0) is 21.3. The van der Waals surface area contributed by atoms with Gasteiger partial charge >= 0.3 is 0 Å². The molecule has 0 bridgehead atoms. The van der Waals surface area contributed by atoms with Crippen LogP contribution in [0, 0.1) is 0 Å². The summed E-state index contributed by atoms with van der Waals surface area (Å²) in [5.74, 6) is 0.814. The van der Waals surface area contributed by atoms with Gasteiger partial charge in [-0.25, -0.2) is 4.99 Å². The third-order valence-electron chi connectivity index (χ3n) is 4.43. The summed E-state index contributed by atoms with van der Waals surface area (Å²) in [5.41, 5.74) is 3.52. The Labute approximate surface area is 203 Å². The van der Waals surface area contributed by atoms with Crippen molar-refractivity contribution >= 4 is 29.9 Å². The van der Waals surface area contributed by atoms with Crippen molar-refractivity contribution in [2.45, 2.75) is 33.1 Å². The molecule has 0 heterocycles. The van der Waals surface area contributed by atoms with E-state index in [1.165, 1.54) is 16.7 Å². The monoisotopic (exact) mass is 541 g/mol. The Hall–Kier alpha value is -1.68. The van der Waals surface area contributed by atoms with Gasteiger partial charge in [0.15, 0.2) is 5.96 Å². The summed E-state index contributed by atoms with van der Waals surface area (Å²) in [6.07, 6.45) is 0.915. The van der Waals surface area contributed by atoms with E-state index in [2.05, 4.69) is 41.8 Å². The second-order valence-electron chi connectivity index (χ2n) is 6.83. The van der Waals surface area contributed by atoms with Gasteiger partial charge in [0.25, 0.3) is 0 Å². The average molecular weight is 541 g/mol. The Morgan fingerprint density at radius 2 is 1.58 bits per heavy atom. The summed E-state index contributed by atoms with van der Waals surface area (Å²) >= 11 is 0. The van der Waals surface area contributed by atoms with Crippen molar-refractivity contribution in [2.75, 3.05) is 40.0 Å². The number of hydrogen-bond acceptors (Lipinski definition) is 4. The van der Waals surface area contributed by atoms with Gasteiger partial charge in [0.05, 0.1) is 33.0 Å². The molecule has 2 N–H and O–H groups in total. The zero-order valence-electron chi connectivity index (χ0n) is 18.6. The fourth-order valence-corrected chi connectivity index (χ4v) is 2.84. The van der Waals surface area contributed by atoms with Gasteiger partial charge < -0.3 is 24.8 Å². The molecule has 2 rings (SSSR count). The van der Waals surface area contributed by atoms with Crippen LogP contribution in [0.2, 0.25) is 0 Å². The molecule has 2 aromatic carbocycles. The normalized spacial score (nSPS) is 11.1. The van der Waals surface area contributed by atoms with Crippen LogP contribution in [-0.4, -0.2) is 46.0 Å². The molecule has 0 aliphatic carbocycles. The second-order valence-corrected chi connectivity index (χ2v) is 6.83. The molecule has 0 unspecified atom stereocenters. The van der Waals surface area contributed by atoms with Crippen molar-refractivity contribution in [3.63, 3.8) is 0 Å². The minimum absolute atomic E-state index is 0. The average Bonchev–Trinajstić information content (AvgIpc) is 2.78. The summed E-state index contributed by atoms with van der Waals surface area (Å²) < 4.78 is 16.4. The summed E-state index contributed by atoms with van der Waals surface area (Å²) in [7, 11) is 1.68. The van der Waals surface area contributed by atoms with Gasteiger partial charge in [-0.15, -0.1) is 24.0 Å². The van der Waals surface area contributed by atoms with Gasteiger partial charge in [0.2, 0.25) is 0 Å². The molecule has 7 heteroatoms. The predicted octanol–water partition coefficient (Wildman–Crippen LogP) is 4.13. The molecule has 0 aromatic heterocycles. The van der Waals surface area contributed by atoms with E-state index in [1.807, 2.05) is 30.3 Å². The summed E-state index contributed by atoms with van der Waals surface area (Å²) in [5, 5.41) is 6.66. The third kappa shape index (κ3) is 12.1. The minimum Gasteiger partial charge on any atom is -0.382 e. The molecule has 0 aliphatic rings. The molecule has 172 valence electrons. The topological polar surface area (TPSA) is 64.1 Å². The lowest BCUT2D eigenvalue weighted by molar-refractivity contribution is 0.0698. The lowest BCUT2D eigenvalue weighted by Gasteiger charge is -2.13. The summed E-state index contributed by atoms with van der Waals surface area (Å²) in [6, 6.07) is 18.5. The van der Waals surface area contributed by atoms with Crippen molar-refractivity contribution in [2.24, 2.45) is 4.99 Å². The maximum absolute atomic E-state index is 5.92. The number of halogens is 1. The molecule has 31 heavy (non-hydrogen) atoms. The van der Waals surface area contributed by atoms with Gasteiger partial charge in [-0.1, -0.05) is 54.6 Å². The van der Waals surface area contributed by atoms with Crippen LogP contribution in [0.15, 0.2) is 59.6 Å². The van der Waals surface area contributed by atoms with E-state index in [4.69, 9.17) is 19.2 Å². The van der Waals surface area contributed by atoms with Crippen molar-refractivity contribution in [1.82, 2.24) is 10.6 Å². The highest BCUT2D eigenvalue weighted by molar-refractivity contribution is 14.0. The predicted molar refractivity (Wildman–Crippen MR) is 137 cm³/mol. The van der Waals surface area contributed by atoms with Gasteiger partial charge in [0, 0.05) is 26.8 Å². The Balaban J connectivity index is 0.00000480. The van der Waals surface area contributed by atoms with Crippen LogP contribution in [0.1, 0.15) is 30.0 Å². The van der Waals surface area contributed by atoms with E-state index >= 15 is 0 Å². The molecule has 0 atom stereocenters. The van der Waals surface area contributed by atoms with Gasteiger partial charge in [-0.3, -0.25) is 0 Å². The maximum Gasteiger partial charge on any atom is 0.191 e. The van der Waals surface area contributed by atoms with E-state index in [1.54, 1.807) is 7.11 Å². The number of rotatable bonds is 14. The molecule has 0 spiro atoms. The second kappa shape index (κ2) is 17.9. The number of aliphatic imine (C=N–C) groups is 1. The first kappa shape index (κ1) is 27.4. The standard InChI is InChI=1S/C24H35N3O3.HI/c1-3-25-24(26-14-9-15-29-17-16-28-2)27-18-22-12-7-8-13-23(22)20-30-19-21-10-5-4-6-11-21;/h4-8,10-13H,3,9,14-20H2,1-2H3,(H2,25,26,27);1H. The first-order chi connectivity index (χ1) is 14.8. The van der Waals surface area contributed by atoms with Crippen LogP contribution in [0.25, 0.3) is 0 Å². The van der Waals surface area contributed by atoms with E-state index in [-0.39, 0.29) is 24.0 Å². The molecule has 0 amide bonds. The van der Waals surface area contributed by atoms with Crippen LogP contribution in [0.4, 0.5) is 0 Å². The Morgan fingerprint density at radius 1 is 0.839 bits per heavy atom. The number of methoxy groups -OCH3 is 1. The SMILES string of the molecule is CCNC(=NCc1ccccc1COCc1ccccc1)NCCCOCCOC.I. The first-order valence-electron chi connectivity index (χ1n) is 10.6. The van der Waals surface area contributed by atoms with Crippen molar-refractivity contribution in [3.05, 3.63) is 71.3 Å². The third-order valence-corrected chi connectivity index (χ3v) is 4.43. The smallest absolute Gasteiger partial charge is 0.191 e. The van der Waals surface area contributed by atoms with Crippen molar-refractivity contribution in [1.29, 1.82) is 0 Å². The van der Waals surface area contributed by atoms with E-state index in [9.17, 15) is 0 Å². The fraction of sp³-hybridized carbons (Fsp3) is 0.458. The molecule has 0 saturated carbocycles. The number of ether oxygens (including phenoxy) is 3. The van der Waals surface area contributed by atoms with Crippen molar-refractivity contribution in [3.8, 4) is 0 Å². The summed E-state index contributed by atoms with van der Waals surface area (Å²) in [6.45, 7) is 7.44. The molecule has 0 saturated heterocycles. The molecule has 0 radical (unpaired) electrons. The van der Waals surface area contributed by atoms with Crippen LogP contribution in [0.5, 0.6) is 0 Å². The van der Waals surface area contributed by atoms with Crippen LogP contribution >= 0.6 is 24.0 Å². The largest absolute Gasteiger partial charge is 0.382 e. The Bertz CT molecular complexity index is 729. The molecule has 6 nitrogen and oxygen atoms in total. The maximum atomic E-state index is 5.92. The van der Waals surface area contributed by atoms with Crippen molar-refractivity contribution < 1.29 is 14.2 Å². The molecule has 0 fully saturated rings. The quantitative estimate of drug-likeness (QED) is 0.163. The van der Waals surface area contributed by atoms with E-state index in [0.717, 1.165) is 25.5 Å².